The van der Waals surface area contributed by atoms with Gasteiger partial charge in [-0.05, 0) is 51.7 Å². The lowest BCUT2D eigenvalue weighted by molar-refractivity contribution is 0.00578. The molecule has 0 spiro atoms. The minimum atomic E-state index is -0.437. The number of nitrogens with one attached hydrogen (secondary N) is 1. The third-order valence-electron chi connectivity index (χ3n) is 4.74. The van der Waals surface area contributed by atoms with Gasteiger partial charge in [0.1, 0.15) is 0 Å². The summed E-state index contributed by atoms with van der Waals surface area (Å²) in [6.45, 7) is 11.0. The van der Waals surface area contributed by atoms with Gasteiger partial charge in [-0.2, -0.15) is 0 Å². The standard InChI is InChI=1S/C18H28BNO3/c1-6-7-8-12-20-16(21)14-10-9-11-15(13-14)19-22-17(2,3)18(4,5)23-19/h9-11,13H,6-8,12H2,1-5H3,(H,20,21). The molecule has 1 heterocycles. The number of hydrogen-bond acceptors (Lipinski definition) is 3. The van der Waals surface area contributed by atoms with E-state index in [1.54, 1.807) is 0 Å². The Morgan fingerprint density at radius 3 is 2.39 bits per heavy atom. The van der Waals surface area contributed by atoms with Gasteiger partial charge in [-0.15, -0.1) is 0 Å². The van der Waals surface area contributed by atoms with Crippen LogP contribution in [0.5, 0.6) is 0 Å². The summed E-state index contributed by atoms with van der Waals surface area (Å²) < 4.78 is 12.1. The van der Waals surface area contributed by atoms with Crippen molar-refractivity contribution in [1.29, 1.82) is 0 Å². The highest BCUT2D eigenvalue weighted by Gasteiger charge is 2.51. The van der Waals surface area contributed by atoms with Gasteiger partial charge in [-0.25, -0.2) is 0 Å². The van der Waals surface area contributed by atoms with E-state index in [-0.39, 0.29) is 17.1 Å². The van der Waals surface area contributed by atoms with Crippen molar-refractivity contribution in [2.75, 3.05) is 6.54 Å². The third kappa shape index (κ3) is 4.15. The first-order valence-corrected chi connectivity index (χ1v) is 8.50. The maximum atomic E-state index is 12.2. The molecule has 0 atom stereocenters. The van der Waals surface area contributed by atoms with Gasteiger partial charge in [0.15, 0.2) is 0 Å². The smallest absolute Gasteiger partial charge is 0.399 e. The molecule has 1 fully saturated rings. The second kappa shape index (κ2) is 7.06. The summed E-state index contributed by atoms with van der Waals surface area (Å²) in [5, 5.41) is 2.96. The predicted octanol–water partition coefficient (Wildman–Crippen LogP) is 2.91. The predicted molar refractivity (Wildman–Crippen MR) is 94.0 cm³/mol. The number of amides is 1. The average molecular weight is 317 g/mol. The first-order chi connectivity index (χ1) is 10.8. The van der Waals surface area contributed by atoms with Crippen LogP contribution in [0.25, 0.3) is 0 Å². The van der Waals surface area contributed by atoms with Crippen molar-refractivity contribution >= 4 is 18.5 Å². The van der Waals surface area contributed by atoms with Crippen LogP contribution >= 0.6 is 0 Å². The molecular formula is C18H28BNO3. The SMILES string of the molecule is CCCCCNC(=O)c1cccc(B2OC(C)(C)C(C)(C)O2)c1. The Labute approximate surface area is 140 Å². The number of benzene rings is 1. The third-order valence-corrected chi connectivity index (χ3v) is 4.74. The Morgan fingerprint density at radius 2 is 1.78 bits per heavy atom. The van der Waals surface area contributed by atoms with Crippen LogP contribution in [0.1, 0.15) is 64.2 Å². The van der Waals surface area contributed by atoms with E-state index < -0.39 is 7.12 Å². The van der Waals surface area contributed by atoms with Gasteiger partial charge in [-0.3, -0.25) is 4.79 Å². The lowest BCUT2D eigenvalue weighted by atomic mass is 9.78. The van der Waals surface area contributed by atoms with Crippen LogP contribution in [0.15, 0.2) is 24.3 Å². The molecule has 2 rings (SSSR count). The van der Waals surface area contributed by atoms with Crippen LogP contribution in [0.4, 0.5) is 0 Å². The van der Waals surface area contributed by atoms with Crippen LogP contribution in [-0.4, -0.2) is 30.8 Å². The first kappa shape index (κ1) is 18.0. The van der Waals surface area contributed by atoms with Gasteiger partial charge in [0, 0.05) is 12.1 Å². The molecule has 1 saturated heterocycles. The fourth-order valence-electron chi connectivity index (χ4n) is 2.48. The number of carbonyl (C=O) groups is 1. The van der Waals surface area contributed by atoms with E-state index in [0.717, 1.165) is 24.7 Å². The number of carbonyl (C=O) groups excluding carboxylic acids is 1. The zero-order chi connectivity index (χ0) is 17.1. The van der Waals surface area contributed by atoms with E-state index in [9.17, 15) is 4.79 Å². The fraction of sp³-hybridized carbons (Fsp3) is 0.611. The minimum absolute atomic E-state index is 0.0422. The van der Waals surface area contributed by atoms with E-state index in [4.69, 9.17) is 9.31 Å². The molecule has 126 valence electrons. The normalized spacial score (nSPS) is 18.9. The van der Waals surface area contributed by atoms with Gasteiger partial charge >= 0.3 is 7.12 Å². The summed E-state index contributed by atoms with van der Waals surface area (Å²) in [7, 11) is -0.437. The number of unbranched alkanes of at least 4 members (excludes halogenated alkanes) is 2. The second-order valence-electron chi connectivity index (χ2n) is 7.18. The average Bonchev–Trinajstić information content (AvgIpc) is 2.72. The zero-order valence-electron chi connectivity index (χ0n) is 14.9. The van der Waals surface area contributed by atoms with Crippen LogP contribution in [0.2, 0.25) is 0 Å². The van der Waals surface area contributed by atoms with Crippen molar-refractivity contribution in [1.82, 2.24) is 5.32 Å². The van der Waals surface area contributed by atoms with Crippen molar-refractivity contribution < 1.29 is 14.1 Å². The highest BCUT2D eigenvalue weighted by atomic mass is 16.7. The maximum Gasteiger partial charge on any atom is 0.494 e. The van der Waals surface area contributed by atoms with Gasteiger partial charge < -0.3 is 14.6 Å². The molecule has 0 aromatic heterocycles. The molecular weight excluding hydrogens is 289 g/mol. The zero-order valence-corrected chi connectivity index (χ0v) is 14.9. The number of hydrogen-bond donors (Lipinski definition) is 1. The van der Waals surface area contributed by atoms with Gasteiger partial charge in [0.25, 0.3) is 5.91 Å². The Morgan fingerprint density at radius 1 is 1.13 bits per heavy atom. The quantitative estimate of drug-likeness (QED) is 0.648. The topological polar surface area (TPSA) is 47.6 Å². The largest absolute Gasteiger partial charge is 0.494 e. The number of rotatable bonds is 6. The van der Waals surface area contributed by atoms with E-state index in [1.807, 2.05) is 52.0 Å². The van der Waals surface area contributed by atoms with Gasteiger partial charge in [0.2, 0.25) is 0 Å². The molecule has 0 saturated carbocycles. The Kier molecular flexibility index (Phi) is 5.53. The fourth-order valence-corrected chi connectivity index (χ4v) is 2.48. The molecule has 4 nitrogen and oxygen atoms in total. The van der Waals surface area contributed by atoms with E-state index in [1.165, 1.54) is 0 Å². The monoisotopic (exact) mass is 317 g/mol. The van der Waals surface area contributed by atoms with Crippen LogP contribution in [0.3, 0.4) is 0 Å². The lowest BCUT2D eigenvalue weighted by Crippen LogP contribution is -2.41. The van der Waals surface area contributed by atoms with Crippen molar-refractivity contribution in [2.45, 2.75) is 65.1 Å². The van der Waals surface area contributed by atoms with Crippen molar-refractivity contribution in [3.8, 4) is 0 Å². The molecule has 1 amide bonds. The van der Waals surface area contributed by atoms with Gasteiger partial charge in [0.05, 0.1) is 11.2 Å². The van der Waals surface area contributed by atoms with Crippen molar-refractivity contribution in [2.24, 2.45) is 0 Å². The summed E-state index contributed by atoms with van der Waals surface area (Å²) in [6.07, 6.45) is 3.29. The highest BCUT2D eigenvalue weighted by molar-refractivity contribution is 6.62. The second-order valence-corrected chi connectivity index (χ2v) is 7.18. The molecule has 0 radical (unpaired) electrons. The Bertz CT molecular complexity index is 541. The van der Waals surface area contributed by atoms with Gasteiger partial charge in [-0.1, -0.05) is 31.9 Å². The Balaban J connectivity index is 2.05. The molecule has 0 unspecified atom stereocenters. The lowest BCUT2D eigenvalue weighted by Gasteiger charge is -2.32. The molecule has 1 aromatic carbocycles. The van der Waals surface area contributed by atoms with E-state index in [0.29, 0.717) is 12.1 Å². The van der Waals surface area contributed by atoms with Crippen LogP contribution in [0, 0.1) is 0 Å². The summed E-state index contributed by atoms with van der Waals surface area (Å²) in [5.41, 5.74) is 0.769. The molecule has 0 bridgehead atoms. The molecule has 1 aromatic rings. The molecule has 1 N–H and O–H groups in total. The van der Waals surface area contributed by atoms with Crippen molar-refractivity contribution in [3.63, 3.8) is 0 Å². The minimum Gasteiger partial charge on any atom is -0.399 e. The first-order valence-electron chi connectivity index (χ1n) is 8.50. The highest BCUT2D eigenvalue weighted by Crippen LogP contribution is 2.36. The molecule has 23 heavy (non-hydrogen) atoms. The van der Waals surface area contributed by atoms with E-state index in [2.05, 4.69) is 12.2 Å². The molecule has 5 heteroatoms. The summed E-state index contributed by atoms with van der Waals surface area (Å²) >= 11 is 0. The maximum absolute atomic E-state index is 12.2. The molecule has 0 aliphatic carbocycles. The summed E-state index contributed by atoms with van der Waals surface area (Å²) in [5.74, 6) is -0.0422. The Hall–Kier alpha value is -1.33. The van der Waals surface area contributed by atoms with Crippen LogP contribution in [-0.2, 0) is 9.31 Å². The molecule has 1 aliphatic rings. The summed E-state index contributed by atoms with van der Waals surface area (Å²) in [4.78, 5) is 12.2. The molecule has 1 aliphatic heterocycles. The van der Waals surface area contributed by atoms with Crippen LogP contribution < -0.4 is 10.8 Å². The van der Waals surface area contributed by atoms with Crippen molar-refractivity contribution in [3.05, 3.63) is 29.8 Å². The summed E-state index contributed by atoms with van der Waals surface area (Å²) in [6, 6.07) is 7.50. The van der Waals surface area contributed by atoms with E-state index >= 15 is 0 Å².